The Bertz CT molecular complexity index is 802. The minimum absolute atomic E-state index is 0.0730. The molecule has 0 aliphatic carbocycles. The number of hydrogen-bond acceptors (Lipinski definition) is 8. The predicted octanol–water partition coefficient (Wildman–Crippen LogP) is -2.44. The number of amides is 3. The smallest absolute Gasteiger partial charge is 0.326 e. The molecule has 0 saturated carbocycles. The Morgan fingerprint density at radius 3 is 1.95 bits per heavy atom. The number of carboxylic acids is 2. The van der Waals surface area contributed by atoms with Crippen LogP contribution in [-0.4, -0.2) is 83.1 Å². The molecule has 0 aliphatic heterocycles. The lowest BCUT2D eigenvalue weighted by Crippen LogP contribution is -2.58. The van der Waals surface area contributed by atoms with Crippen LogP contribution in [0.1, 0.15) is 58.8 Å². The number of guanidine groups is 1. The Kier molecular flexibility index (Phi) is 16.2. The Hall–Kier alpha value is -3.46. The minimum atomic E-state index is -1.45. The summed E-state index contributed by atoms with van der Waals surface area (Å²) in [6.07, 6.45) is 1.10. The highest BCUT2D eigenvalue weighted by atomic mass is 16.4. The summed E-state index contributed by atoms with van der Waals surface area (Å²) in [6, 6.07) is -4.52. The second-order valence-corrected chi connectivity index (χ2v) is 8.96. The van der Waals surface area contributed by atoms with Crippen LogP contribution in [0, 0.1) is 5.92 Å². The number of nitrogens with zero attached hydrogens (tertiary/aromatic N) is 1. The Balaban J connectivity index is 5.36. The van der Waals surface area contributed by atoms with Crippen LogP contribution >= 0.6 is 0 Å². The highest BCUT2D eigenvalue weighted by Gasteiger charge is 2.31. The van der Waals surface area contributed by atoms with E-state index in [2.05, 4.69) is 20.9 Å². The molecule has 37 heavy (non-hydrogen) atoms. The molecule has 4 unspecified atom stereocenters. The first-order valence-electron chi connectivity index (χ1n) is 12.2. The zero-order valence-corrected chi connectivity index (χ0v) is 21.4. The lowest BCUT2D eigenvalue weighted by molar-refractivity contribution is -0.143. The number of aliphatic carboxylic acids is 2. The van der Waals surface area contributed by atoms with Crippen molar-refractivity contribution in [2.24, 2.45) is 33.8 Å². The van der Waals surface area contributed by atoms with Crippen LogP contribution in [0.3, 0.4) is 0 Å². The van der Waals surface area contributed by atoms with Gasteiger partial charge in [-0.15, -0.1) is 0 Å². The molecule has 0 spiro atoms. The molecule has 0 aromatic carbocycles. The van der Waals surface area contributed by atoms with Crippen LogP contribution in [0.2, 0.25) is 0 Å². The van der Waals surface area contributed by atoms with Crippen molar-refractivity contribution in [3.8, 4) is 0 Å². The third kappa shape index (κ3) is 14.6. The summed E-state index contributed by atoms with van der Waals surface area (Å²) in [5.41, 5.74) is 21.9. The largest absolute Gasteiger partial charge is 0.481 e. The number of carbonyl (C=O) groups excluding carboxylic acids is 3. The molecule has 0 fully saturated rings. The van der Waals surface area contributed by atoms with Crippen LogP contribution in [0.4, 0.5) is 0 Å². The average Bonchev–Trinajstić information content (AvgIpc) is 2.80. The summed E-state index contributed by atoms with van der Waals surface area (Å²) in [5, 5.41) is 25.6. The molecule has 15 heteroatoms. The van der Waals surface area contributed by atoms with Crippen molar-refractivity contribution in [3.63, 3.8) is 0 Å². The second-order valence-electron chi connectivity index (χ2n) is 8.96. The molecule has 212 valence electrons. The van der Waals surface area contributed by atoms with Crippen molar-refractivity contribution in [2.45, 2.75) is 83.0 Å². The van der Waals surface area contributed by atoms with Gasteiger partial charge in [0.2, 0.25) is 17.7 Å². The monoisotopic (exact) mass is 530 g/mol. The van der Waals surface area contributed by atoms with Gasteiger partial charge < -0.3 is 49.1 Å². The Labute approximate surface area is 216 Å². The molecule has 3 amide bonds. The predicted molar refractivity (Wildman–Crippen MR) is 136 cm³/mol. The van der Waals surface area contributed by atoms with Crippen molar-refractivity contribution in [3.05, 3.63) is 0 Å². The third-order valence-electron chi connectivity index (χ3n) is 5.39. The molecule has 0 radical (unpaired) electrons. The van der Waals surface area contributed by atoms with Crippen molar-refractivity contribution < 1.29 is 34.2 Å². The zero-order valence-electron chi connectivity index (χ0n) is 21.4. The number of nitrogens with one attached hydrogen (secondary N) is 3. The SMILES string of the molecule is CC(C)C(NC(=O)C(N)CCCN=C(N)N)C(=O)NC(CCCCN)C(=O)NC(CCC(=O)O)C(=O)O. The molecule has 15 nitrogen and oxygen atoms in total. The number of hydrogen-bond donors (Lipinski definition) is 9. The highest BCUT2D eigenvalue weighted by molar-refractivity contribution is 5.94. The van der Waals surface area contributed by atoms with E-state index in [9.17, 15) is 29.1 Å². The van der Waals surface area contributed by atoms with E-state index < -0.39 is 60.2 Å². The molecule has 4 atom stereocenters. The molecule has 0 saturated heterocycles. The van der Waals surface area contributed by atoms with Gasteiger partial charge in [0, 0.05) is 13.0 Å². The maximum absolute atomic E-state index is 13.0. The van der Waals surface area contributed by atoms with E-state index in [0.29, 0.717) is 32.4 Å². The standard InChI is InChI=1S/C22H42N8O7/c1-12(2)17(30-18(33)13(24)6-5-11-27-22(25)26)20(35)28-14(7-3-4-10-23)19(34)29-15(21(36)37)8-9-16(31)32/h12-15,17H,3-11,23-24H2,1-2H3,(H,28,35)(H,29,34)(H,30,33)(H,31,32)(H,36,37)(H4,25,26,27). The molecular weight excluding hydrogens is 488 g/mol. The van der Waals surface area contributed by atoms with Gasteiger partial charge in [-0.25, -0.2) is 4.79 Å². The summed E-state index contributed by atoms with van der Waals surface area (Å²) >= 11 is 0. The zero-order chi connectivity index (χ0) is 28.5. The van der Waals surface area contributed by atoms with Gasteiger partial charge in [0.25, 0.3) is 0 Å². The first kappa shape index (κ1) is 33.5. The quantitative estimate of drug-likeness (QED) is 0.0480. The number of aliphatic imine (C=N–C) groups is 1. The van der Waals surface area contributed by atoms with E-state index >= 15 is 0 Å². The molecule has 0 heterocycles. The number of unbranched alkanes of at least 4 members (excludes halogenated alkanes) is 1. The topological polar surface area (TPSA) is 278 Å². The molecule has 0 rings (SSSR count). The summed E-state index contributed by atoms with van der Waals surface area (Å²) in [6.45, 7) is 4.04. The molecule has 0 aromatic rings. The minimum Gasteiger partial charge on any atom is -0.481 e. The van der Waals surface area contributed by atoms with Crippen LogP contribution in [0.5, 0.6) is 0 Å². The molecule has 0 bridgehead atoms. The second kappa shape index (κ2) is 17.9. The van der Waals surface area contributed by atoms with E-state index in [1.54, 1.807) is 13.8 Å². The van der Waals surface area contributed by atoms with Crippen molar-refractivity contribution in [1.29, 1.82) is 0 Å². The number of nitrogens with two attached hydrogens (primary N) is 4. The van der Waals surface area contributed by atoms with E-state index in [4.69, 9.17) is 28.0 Å². The van der Waals surface area contributed by atoms with Gasteiger partial charge in [-0.3, -0.25) is 24.2 Å². The van der Waals surface area contributed by atoms with Gasteiger partial charge >= 0.3 is 11.9 Å². The van der Waals surface area contributed by atoms with Crippen molar-refractivity contribution in [2.75, 3.05) is 13.1 Å². The lowest BCUT2D eigenvalue weighted by atomic mass is 10.0. The van der Waals surface area contributed by atoms with Crippen LogP contribution in [-0.2, 0) is 24.0 Å². The maximum atomic E-state index is 13.0. The van der Waals surface area contributed by atoms with Crippen molar-refractivity contribution in [1.82, 2.24) is 16.0 Å². The lowest BCUT2D eigenvalue weighted by Gasteiger charge is -2.27. The highest BCUT2D eigenvalue weighted by Crippen LogP contribution is 2.08. The first-order chi connectivity index (χ1) is 17.3. The Morgan fingerprint density at radius 1 is 0.811 bits per heavy atom. The van der Waals surface area contributed by atoms with Crippen LogP contribution in [0.15, 0.2) is 4.99 Å². The van der Waals surface area contributed by atoms with Crippen LogP contribution in [0.25, 0.3) is 0 Å². The molecule has 13 N–H and O–H groups in total. The van der Waals surface area contributed by atoms with Gasteiger partial charge in [-0.1, -0.05) is 13.8 Å². The van der Waals surface area contributed by atoms with E-state index in [1.165, 1.54) is 0 Å². The number of carbonyl (C=O) groups is 5. The van der Waals surface area contributed by atoms with Crippen LogP contribution < -0.4 is 38.9 Å². The fraction of sp³-hybridized carbons (Fsp3) is 0.727. The maximum Gasteiger partial charge on any atom is 0.326 e. The first-order valence-corrected chi connectivity index (χ1v) is 12.2. The summed E-state index contributed by atoms with van der Waals surface area (Å²) in [7, 11) is 0. The van der Waals surface area contributed by atoms with Gasteiger partial charge in [0.15, 0.2) is 5.96 Å². The fourth-order valence-electron chi connectivity index (χ4n) is 3.27. The Morgan fingerprint density at radius 2 is 1.43 bits per heavy atom. The molecular formula is C22H42N8O7. The van der Waals surface area contributed by atoms with Gasteiger partial charge in [-0.2, -0.15) is 0 Å². The van der Waals surface area contributed by atoms with E-state index in [1.807, 2.05) is 0 Å². The van der Waals surface area contributed by atoms with Gasteiger partial charge in [-0.05, 0) is 51.0 Å². The summed E-state index contributed by atoms with van der Waals surface area (Å²) in [4.78, 5) is 64.6. The summed E-state index contributed by atoms with van der Waals surface area (Å²) < 4.78 is 0. The number of carboxylic acid groups (broad SMARTS) is 2. The molecule has 0 aliphatic rings. The average molecular weight is 531 g/mol. The third-order valence-corrected chi connectivity index (χ3v) is 5.39. The van der Waals surface area contributed by atoms with Crippen molar-refractivity contribution >= 4 is 35.6 Å². The van der Waals surface area contributed by atoms with E-state index in [-0.39, 0.29) is 31.1 Å². The summed E-state index contributed by atoms with van der Waals surface area (Å²) in [5.74, 6) is -5.05. The van der Waals surface area contributed by atoms with E-state index in [0.717, 1.165) is 0 Å². The molecule has 0 aromatic heterocycles. The van der Waals surface area contributed by atoms with Gasteiger partial charge in [0.05, 0.1) is 6.04 Å². The number of rotatable bonds is 19. The normalized spacial score (nSPS) is 14.1. The van der Waals surface area contributed by atoms with Gasteiger partial charge in [0.1, 0.15) is 18.1 Å². The fourth-order valence-corrected chi connectivity index (χ4v) is 3.27.